The summed E-state index contributed by atoms with van der Waals surface area (Å²) in [7, 11) is 0. The first-order chi connectivity index (χ1) is 6.79. The molecule has 0 N–H and O–H groups in total. The van der Waals surface area contributed by atoms with Crippen LogP contribution in [0, 0.1) is 10.1 Å². The first-order valence-electron chi connectivity index (χ1n) is 3.89. The van der Waals surface area contributed by atoms with Crippen LogP contribution in [0.1, 0.15) is 0 Å². The Morgan fingerprint density at radius 2 is 2.00 bits per heavy atom. The summed E-state index contributed by atoms with van der Waals surface area (Å²) in [4.78, 5) is 13.5. The SMILES string of the molecule is O=[N+]([O-])c1ncnn1-c1ccccc1. The monoisotopic (exact) mass is 190 g/mol. The average molecular weight is 190 g/mol. The molecule has 0 amide bonds. The summed E-state index contributed by atoms with van der Waals surface area (Å²) in [5, 5.41) is 14.3. The summed E-state index contributed by atoms with van der Waals surface area (Å²) in [6.07, 6.45) is 1.16. The number of aromatic nitrogens is 3. The molecule has 0 saturated heterocycles. The minimum Gasteiger partial charge on any atom is -0.390 e. The van der Waals surface area contributed by atoms with Gasteiger partial charge >= 0.3 is 5.95 Å². The van der Waals surface area contributed by atoms with Gasteiger partial charge in [0.15, 0.2) is 0 Å². The van der Waals surface area contributed by atoms with E-state index in [1.807, 2.05) is 6.07 Å². The molecule has 1 aromatic carbocycles. The molecule has 6 nitrogen and oxygen atoms in total. The molecule has 14 heavy (non-hydrogen) atoms. The average Bonchev–Trinajstić information content (AvgIpc) is 2.67. The second kappa shape index (κ2) is 3.25. The Labute approximate surface area is 79.0 Å². The van der Waals surface area contributed by atoms with Crippen molar-refractivity contribution >= 4 is 5.95 Å². The second-order valence-corrected chi connectivity index (χ2v) is 2.56. The third-order valence-corrected chi connectivity index (χ3v) is 1.69. The van der Waals surface area contributed by atoms with Crippen LogP contribution in [0.2, 0.25) is 0 Å². The molecule has 0 unspecified atom stereocenters. The van der Waals surface area contributed by atoms with Crippen LogP contribution in [0.3, 0.4) is 0 Å². The highest BCUT2D eigenvalue weighted by Crippen LogP contribution is 2.12. The van der Waals surface area contributed by atoms with Crippen molar-refractivity contribution in [3.63, 3.8) is 0 Å². The van der Waals surface area contributed by atoms with Crippen LogP contribution in [0.15, 0.2) is 36.7 Å². The maximum absolute atomic E-state index is 10.5. The van der Waals surface area contributed by atoms with Crippen LogP contribution in [0.4, 0.5) is 5.95 Å². The Morgan fingerprint density at radius 3 is 2.64 bits per heavy atom. The molecule has 70 valence electrons. The van der Waals surface area contributed by atoms with Crippen LogP contribution in [-0.2, 0) is 0 Å². The van der Waals surface area contributed by atoms with Gasteiger partial charge in [0, 0.05) is 0 Å². The third-order valence-electron chi connectivity index (χ3n) is 1.69. The van der Waals surface area contributed by atoms with Crippen LogP contribution in [0.5, 0.6) is 0 Å². The molecule has 0 atom stereocenters. The van der Waals surface area contributed by atoms with Gasteiger partial charge in [-0.1, -0.05) is 33.0 Å². The predicted molar refractivity (Wildman–Crippen MR) is 48.0 cm³/mol. The minimum atomic E-state index is -0.569. The van der Waals surface area contributed by atoms with Gasteiger partial charge in [-0.3, -0.25) is 0 Å². The van der Waals surface area contributed by atoms with E-state index in [1.165, 1.54) is 4.68 Å². The minimum absolute atomic E-state index is 0.281. The molecule has 0 spiro atoms. The number of para-hydroxylation sites is 1. The summed E-state index contributed by atoms with van der Waals surface area (Å²) < 4.78 is 1.18. The molecule has 0 radical (unpaired) electrons. The standard InChI is InChI=1S/C8H6N4O2/c13-12(14)8-9-6-10-11(8)7-4-2-1-3-5-7/h1-6H. The van der Waals surface area contributed by atoms with Crippen LogP contribution in [0.25, 0.3) is 5.69 Å². The van der Waals surface area contributed by atoms with Crippen molar-refractivity contribution in [3.8, 4) is 5.69 Å². The van der Waals surface area contributed by atoms with Gasteiger partial charge in [-0.25, -0.2) is 0 Å². The molecule has 2 aromatic rings. The molecule has 0 aliphatic heterocycles. The zero-order chi connectivity index (χ0) is 9.97. The summed E-state index contributed by atoms with van der Waals surface area (Å²) in [6, 6.07) is 8.83. The highest BCUT2D eigenvalue weighted by molar-refractivity contribution is 5.33. The van der Waals surface area contributed by atoms with Crippen molar-refractivity contribution in [2.24, 2.45) is 0 Å². The first-order valence-corrected chi connectivity index (χ1v) is 3.89. The van der Waals surface area contributed by atoms with Gasteiger partial charge in [0.2, 0.25) is 6.33 Å². The maximum Gasteiger partial charge on any atom is 0.460 e. The van der Waals surface area contributed by atoms with Crippen molar-refractivity contribution in [1.82, 2.24) is 14.8 Å². The number of nitrogens with zero attached hydrogens (tertiary/aromatic N) is 4. The molecule has 0 bridgehead atoms. The lowest BCUT2D eigenvalue weighted by molar-refractivity contribution is -0.396. The molecular formula is C8H6N4O2. The fourth-order valence-electron chi connectivity index (χ4n) is 1.11. The highest BCUT2D eigenvalue weighted by atomic mass is 16.6. The van der Waals surface area contributed by atoms with E-state index in [0.717, 1.165) is 6.33 Å². The van der Waals surface area contributed by atoms with Gasteiger partial charge in [-0.15, -0.1) is 0 Å². The Kier molecular flexibility index (Phi) is 1.94. The number of nitro groups is 1. The number of rotatable bonds is 2. The van der Waals surface area contributed by atoms with E-state index in [2.05, 4.69) is 10.1 Å². The van der Waals surface area contributed by atoms with Gasteiger partial charge in [0.1, 0.15) is 5.69 Å². The molecule has 1 heterocycles. The third kappa shape index (κ3) is 1.33. The molecular weight excluding hydrogens is 184 g/mol. The quantitative estimate of drug-likeness (QED) is 0.526. The summed E-state index contributed by atoms with van der Waals surface area (Å²) in [6.45, 7) is 0. The predicted octanol–water partition coefficient (Wildman–Crippen LogP) is 1.18. The molecule has 6 heteroatoms. The Bertz CT molecular complexity index is 451. The van der Waals surface area contributed by atoms with E-state index < -0.39 is 4.92 Å². The molecule has 0 saturated carbocycles. The first kappa shape index (κ1) is 8.36. The summed E-state index contributed by atoms with van der Waals surface area (Å²) in [5.74, 6) is -0.281. The molecule has 1 aromatic heterocycles. The van der Waals surface area contributed by atoms with Crippen molar-refractivity contribution in [2.45, 2.75) is 0 Å². The van der Waals surface area contributed by atoms with E-state index in [4.69, 9.17) is 0 Å². The van der Waals surface area contributed by atoms with Crippen molar-refractivity contribution in [3.05, 3.63) is 46.8 Å². The number of hydrogen-bond donors (Lipinski definition) is 0. The Hall–Kier alpha value is -2.24. The highest BCUT2D eigenvalue weighted by Gasteiger charge is 2.16. The lowest BCUT2D eigenvalue weighted by Crippen LogP contribution is -2.02. The Morgan fingerprint density at radius 1 is 1.29 bits per heavy atom. The van der Waals surface area contributed by atoms with Crippen molar-refractivity contribution < 1.29 is 4.92 Å². The zero-order valence-electron chi connectivity index (χ0n) is 7.07. The van der Waals surface area contributed by atoms with Gasteiger partial charge in [-0.05, 0) is 17.1 Å². The van der Waals surface area contributed by atoms with Crippen LogP contribution >= 0.6 is 0 Å². The Balaban J connectivity index is 2.52. The number of benzene rings is 1. The van der Waals surface area contributed by atoms with Gasteiger partial charge in [0.25, 0.3) is 0 Å². The van der Waals surface area contributed by atoms with Gasteiger partial charge < -0.3 is 10.1 Å². The lowest BCUT2D eigenvalue weighted by Gasteiger charge is -1.97. The van der Waals surface area contributed by atoms with E-state index in [1.54, 1.807) is 24.3 Å². The van der Waals surface area contributed by atoms with Crippen molar-refractivity contribution in [2.75, 3.05) is 0 Å². The smallest absolute Gasteiger partial charge is 0.390 e. The van der Waals surface area contributed by atoms with Gasteiger partial charge in [0.05, 0.1) is 0 Å². The second-order valence-electron chi connectivity index (χ2n) is 2.56. The molecule has 0 aliphatic rings. The normalized spacial score (nSPS) is 10.0. The maximum atomic E-state index is 10.5. The topological polar surface area (TPSA) is 73.8 Å². The van der Waals surface area contributed by atoms with Gasteiger partial charge in [-0.2, -0.15) is 0 Å². The summed E-state index contributed by atoms with van der Waals surface area (Å²) >= 11 is 0. The molecule has 2 rings (SSSR count). The number of hydrogen-bond acceptors (Lipinski definition) is 4. The van der Waals surface area contributed by atoms with Crippen LogP contribution < -0.4 is 0 Å². The lowest BCUT2D eigenvalue weighted by atomic mass is 10.3. The van der Waals surface area contributed by atoms with Crippen LogP contribution in [-0.4, -0.2) is 19.7 Å². The van der Waals surface area contributed by atoms with Crippen molar-refractivity contribution in [1.29, 1.82) is 0 Å². The van der Waals surface area contributed by atoms with E-state index in [0.29, 0.717) is 5.69 Å². The summed E-state index contributed by atoms with van der Waals surface area (Å²) in [5.41, 5.74) is 0.622. The van der Waals surface area contributed by atoms with E-state index in [-0.39, 0.29) is 5.95 Å². The zero-order valence-corrected chi connectivity index (χ0v) is 7.07. The fraction of sp³-hybridized carbons (Fsp3) is 0. The van der Waals surface area contributed by atoms with E-state index in [9.17, 15) is 10.1 Å². The fourth-order valence-corrected chi connectivity index (χ4v) is 1.11. The molecule has 0 aliphatic carbocycles. The largest absolute Gasteiger partial charge is 0.460 e. The molecule has 0 fully saturated rings. The van der Waals surface area contributed by atoms with E-state index >= 15 is 0 Å².